The molecule has 4 atom stereocenters. The van der Waals surface area contributed by atoms with Crippen LogP contribution in [0.3, 0.4) is 0 Å². The highest BCUT2D eigenvalue weighted by Gasteiger charge is 2.49. The molecule has 3 heteroatoms. The summed E-state index contributed by atoms with van der Waals surface area (Å²) in [5.74, 6) is 1.08. The molecule has 2 rings (SSSR count). The summed E-state index contributed by atoms with van der Waals surface area (Å²) in [5.41, 5.74) is 0. The van der Waals surface area contributed by atoms with Crippen LogP contribution in [-0.4, -0.2) is 29.1 Å². The van der Waals surface area contributed by atoms with E-state index in [9.17, 15) is 4.79 Å². The molecule has 2 fully saturated rings. The summed E-state index contributed by atoms with van der Waals surface area (Å²) in [4.78, 5) is 14.1. The average molecular weight is 210 g/mol. The maximum atomic E-state index is 12.0. The van der Waals surface area contributed by atoms with Crippen molar-refractivity contribution in [2.45, 2.75) is 64.7 Å². The maximum absolute atomic E-state index is 12.0. The van der Waals surface area contributed by atoms with Gasteiger partial charge in [0.2, 0.25) is 5.91 Å². The van der Waals surface area contributed by atoms with Crippen LogP contribution < -0.4 is 5.32 Å². The Morgan fingerprint density at radius 3 is 2.73 bits per heavy atom. The van der Waals surface area contributed by atoms with Gasteiger partial charge in [0.25, 0.3) is 0 Å². The predicted octanol–water partition coefficient (Wildman–Crippen LogP) is 1.73. The molecule has 4 unspecified atom stereocenters. The topological polar surface area (TPSA) is 32.3 Å². The van der Waals surface area contributed by atoms with Gasteiger partial charge in [-0.3, -0.25) is 10.1 Å². The molecule has 1 amide bonds. The standard InChI is InChI=1S/C12H22N2O/c1-4-6-11-13-8(3)12(15)14(11)10-7-9(10)5-2/h8-11,13H,4-7H2,1-3H3. The summed E-state index contributed by atoms with van der Waals surface area (Å²) < 4.78 is 0. The molecule has 1 aliphatic heterocycles. The van der Waals surface area contributed by atoms with E-state index < -0.39 is 0 Å². The molecule has 1 saturated carbocycles. The SMILES string of the molecule is CCCC1NC(C)C(=O)N1C1CC1CC. The fraction of sp³-hybridized carbons (Fsp3) is 0.917. The van der Waals surface area contributed by atoms with Crippen molar-refractivity contribution in [3.8, 4) is 0 Å². The molecule has 0 spiro atoms. The van der Waals surface area contributed by atoms with Gasteiger partial charge < -0.3 is 4.90 Å². The maximum Gasteiger partial charge on any atom is 0.240 e. The number of carbonyl (C=O) groups is 1. The van der Waals surface area contributed by atoms with Crippen LogP contribution in [0, 0.1) is 5.92 Å². The number of nitrogens with zero attached hydrogens (tertiary/aromatic N) is 1. The van der Waals surface area contributed by atoms with E-state index in [0.29, 0.717) is 18.1 Å². The van der Waals surface area contributed by atoms with Crippen molar-refractivity contribution in [1.29, 1.82) is 0 Å². The van der Waals surface area contributed by atoms with Gasteiger partial charge in [-0.05, 0) is 25.7 Å². The molecule has 15 heavy (non-hydrogen) atoms. The van der Waals surface area contributed by atoms with Gasteiger partial charge in [0.1, 0.15) is 0 Å². The van der Waals surface area contributed by atoms with Crippen molar-refractivity contribution in [2.75, 3.05) is 0 Å². The zero-order chi connectivity index (χ0) is 11.0. The number of hydrogen-bond donors (Lipinski definition) is 1. The monoisotopic (exact) mass is 210 g/mol. The first-order chi connectivity index (χ1) is 7.19. The van der Waals surface area contributed by atoms with Crippen LogP contribution in [0.1, 0.15) is 46.5 Å². The van der Waals surface area contributed by atoms with E-state index in [2.05, 4.69) is 24.1 Å². The van der Waals surface area contributed by atoms with E-state index >= 15 is 0 Å². The molecule has 1 heterocycles. The second-order valence-corrected chi connectivity index (χ2v) is 4.91. The zero-order valence-corrected chi connectivity index (χ0v) is 9.99. The lowest BCUT2D eigenvalue weighted by atomic mass is 10.2. The number of nitrogens with one attached hydrogen (secondary N) is 1. The summed E-state index contributed by atoms with van der Waals surface area (Å²) in [6.07, 6.45) is 4.96. The molecule has 0 radical (unpaired) electrons. The third-order valence-electron chi connectivity index (χ3n) is 3.73. The van der Waals surface area contributed by atoms with Gasteiger partial charge in [-0.15, -0.1) is 0 Å². The number of hydrogen-bond acceptors (Lipinski definition) is 2. The molecule has 86 valence electrons. The van der Waals surface area contributed by atoms with Gasteiger partial charge in [0.05, 0.1) is 12.2 Å². The normalized spacial score (nSPS) is 39.9. The number of carbonyl (C=O) groups excluding carboxylic acids is 1. The first-order valence-electron chi connectivity index (χ1n) is 6.27. The van der Waals surface area contributed by atoms with Gasteiger partial charge >= 0.3 is 0 Å². The first-order valence-corrected chi connectivity index (χ1v) is 6.27. The van der Waals surface area contributed by atoms with E-state index in [1.165, 1.54) is 12.8 Å². The molecule has 2 aliphatic rings. The van der Waals surface area contributed by atoms with Crippen LogP contribution in [0.25, 0.3) is 0 Å². The molecule has 3 nitrogen and oxygen atoms in total. The summed E-state index contributed by atoms with van der Waals surface area (Å²) in [7, 11) is 0. The van der Waals surface area contributed by atoms with E-state index in [1.807, 2.05) is 6.92 Å². The van der Waals surface area contributed by atoms with Gasteiger partial charge in [-0.25, -0.2) is 0 Å². The largest absolute Gasteiger partial charge is 0.323 e. The molecule has 1 saturated heterocycles. The average Bonchev–Trinajstić information content (AvgIpc) is 2.92. The quantitative estimate of drug-likeness (QED) is 0.766. The Hall–Kier alpha value is -0.570. The van der Waals surface area contributed by atoms with Crippen molar-refractivity contribution in [3.63, 3.8) is 0 Å². The van der Waals surface area contributed by atoms with Crippen molar-refractivity contribution < 1.29 is 4.79 Å². The van der Waals surface area contributed by atoms with Gasteiger partial charge in [0, 0.05) is 6.04 Å². The van der Waals surface area contributed by atoms with E-state index in [1.54, 1.807) is 0 Å². The third-order valence-corrected chi connectivity index (χ3v) is 3.73. The second-order valence-electron chi connectivity index (χ2n) is 4.91. The lowest BCUT2D eigenvalue weighted by Crippen LogP contribution is -2.39. The Kier molecular flexibility index (Phi) is 3.01. The van der Waals surface area contributed by atoms with Crippen LogP contribution in [0.5, 0.6) is 0 Å². The van der Waals surface area contributed by atoms with Crippen LogP contribution in [0.15, 0.2) is 0 Å². The van der Waals surface area contributed by atoms with Crippen LogP contribution in [0.4, 0.5) is 0 Å². The molecule has 0 aromatic rings. The van der Waals surface area contributed by atoms with Gasteiger partial charge in [-0.1, -0.05) is 26.7 Å². The highest BCUT2D eigenvalue weighted by Crippen LogP contribution is 2.41. The second kappa shape index (κ2) is 4.12. The molecule has 1 aliphatic carbocycles. The number of amides is 1. The van der Waals surface area contributed by atoms with Gasteiger partial charge in [0.15, 0.2) is 0 Å². The van der Waals surface area contributed by atoms with Crippen molar-refractivity contribution >= 4 is 5.91 Å². The Labute approximate surface area is 92.2 Å². The van der Waals surface area contributed by atoms with Gasteiger partial charge in [-0.2, -0.15) is 0 Å². The lowest BCUT2D eigenvalue weighted by Gasteiger charge is -2.24. The summed E-state index contributed by atoms with van der Waals surface area (Å²) in [6.45, 7) is 6.38. The summed E-state index contributed by atoms with van der Waals surface area (Å²) in [6, 6.07) is 0.566. The van der Waals surface area contributed by atoms with E-state index in [4.69, 9.17) is 0 Å². The minimum absolute atomic E-state index is 0.0275. The van der Waals surface area contributed by atoms with E-state index in [0.717, 1.165) is 18.8 Å². The third kappa shape index (κ3) is 1.89. The first kappa shape index (κ1) is 10.9. The zero-order valence-electron chi connectivity index (χ0n) is 9.99. The van der Waals surface area contributed by atoms with Crippen molar-refractivity contribution in [1.82, 2.24) is 10.2 Å². The Morgan fingerprint density at radius 2 is 2.20 bits per heavy atom. The van der Waals surface area contributed by atoms with Crippen molar-refractivity contribution in [2.24, 2.45) is 5.92 Å². The smallest absolute Gasteiger partial charge is 0.240 e. The Morgan fingerprint density at radius 1 is 1.47 bits per heavy atom. The molecule has 1 N–H and O–H groups in total. The highest BCUT2D eigenvalue weighted by molar-refractivity contribution is 5.84. The molecular formula is C12H22N2O. The lowest BCUT2D eigenvalue weighted by molar-refractivity contribution is -0.130. The number of rotatable bonds is 4. The highest BCUT2D eigenvalue weighted by atomic mass is 16.2. The summed E-state index contributed by atoms with van der Waals surface area (Å²) in [5, 5.41) is 3.40. The Bertz CT molecular complexity index is 254. The fourth-order valence-electron chi connectivity index (χ4n) is 2.72. The van der Waals surface area contributed by atoms with E-state index in [-0.39, 0.29) is 6.04 Å². The minimum Gasteiger partial charge on any atom is -0.323 e. The van der Waals surface area contributed by atoms with Crippen LogP contribution in [-0.2, 0) is 4.79 Å². The minimum atomic E-state index is 0.0275. The molecule has 0 aromatic carbocycles. The summed E-state index contributed by atoms with van der Waals surface area (Å²) >= 11 is 0. The van der Waals surface area contributed by atoms with Crippen LogP contribution >= 0.6 is 0 Å². The van der Waals surface area contributed by atoms with Crippen LogP contribution in [0.2, 0.25) is 0 Å². The molecule has 0 bridgehead atoms. The van der Waals surface area contributed by atoms with Crippen molar-refractivity contribution in [3.05, 3.63) is 0 Å². The Balaban J connectivity index is 2.02. The molecular weight excluding hydrogens is 188 g/mol. The fourth-order valence-corrected chi connectivity index (χ4v) is 2.72. The predicted molar refractivity (Wildman–Crippen MR) is 60.3 cm³/mol. The molecule has 0 aromatic heterocycles.